The highest BCUT2D eigenvalue weighted by atomic mass is 33.1. The number of hydrogen-bond donors (Lipinski definition) is 8. The molecule has 18 nitrogen and oxygen atoms in total. The molecular formula is C28H48N6O12S2. The second-order valence-corrected chi connectivity index (χ2v) is 14.3. The van der Waals surface area contributed by atoms with Crippen LogP contribution >= 0.6 is 21.6 Å². The van der Waals surface area contributed by atoms with Gasteiger partial charge in [0.15, 0.2) is 0 Å². The van der Waals surface area contributed by atoms with E-state index in [0.717, 1.165) is 21.6 Å². The minimum Gasteiger partial charge on any atom is -0.544 e. The molecule has 0 aliphatic carbocycles. The zero-order valence-electron chi connectivity index (χ0n) is 27.5. The van der Waals surface area contributed by atoms with Gasteiger partial charge in [-0.15, -0.1) is 0 Å². The monoisotopic (exact) mass is 728 g/mol. The second kappa shape index (κ2) is 22.9. The fourth-order valence-corrected chi connectivity index (χ4v) is 6.25. The van der Waals surface area contributed by atoms with Crippen molar-refractivity contribution in [3.05, 3.63) is 0 Å². The molecule has 0 spiro atoms. The average molecular weight is 729 g/mol. The number of carboxylic acids is 4. The van der Waals surface area contributed by atoms with Gasteiger partial charge in [-0.05, 0) is 24.7 Å². The van der Waals surface area contributed by atoms with E-state index >= 15 is 0 Å². The Balaban J connectivity index is 5.67. The predicted molar refractivity (Wildman–Crippen MR) is 169 cm³/mol. The van der Waals surface area contributed by atoms with Crippen molar-refractivity contribution in [3.63, 3.8) is 0 Å². The fourth-order valence-electron chi connectivity index (χ4n) is 3.92. The van der Waals surface area contributed by atoms with E-state index in [9.17, 15) is 58.8 Å². The summed E-state index contributed by atoms with van der Waals surface area (Å²) in [5, 5.41) is 50.5. The highest BCUT2D eigenvalue weighted by Crippen LogP contribution is 2.24. The summed E-state index contributed by atoms with van der Waals surface area (Å²) >= 11 is 0. The number of carbonyl (C=O) groups excluding carboxylic acids is 6. The lowest BCUT2D eigenvalue weighted by Crippen LogP contribution is -2.68. The lowest BCUT2D eigenvalue weighted by Gasteiger charge is -2.24. The van der Waals surface area contributed by atoms with Crippen molar-refractivity contribution in [1.29, 1.82) is 0 Å². The van der Waals surface area contributed by atoms with Crippen LogP contribution in [0.2, 0.25) is 0 Å². The van der Waals surface area contributed by atoms with Crippen LogP contribution in [-0.2, 0) is 38.4 Å². The molecule has 0 aliphatic heterocycles. The van der Waals surface area contributed by atoms with Crippen molar-refractivity contribution in [2.45, 2.75) is 102 Å². The summed E-state index contributed by atoms with van der Waals surface area (Å²) in [4.78, 5) is 96.4. The first kappa shape index (κ1) is 44.4. The summed E-state index contributed by atoms with van der Waals surface area (Å²) < 4.78 is 0. The number of rotatable bonds is 25. The molecule has 0 saturated heterocycles. The standard InChI is InChI=1S/C28H48N6O12S2/c1-13(2)21(27(43)44)33-23(37)17(31-19(35)9-5-7-15(29)25(39)40)11-47-48-12-18(24(38)34-22(14(3)4)28(45)46)32-20(36)10-6-8-16(30)26(41)42/h13-18,21-22H,5-12,29-30H2,1-4H3,(H,31,35)(H,32,36)(H,33,37)(H,34,38)(H,39,40)(H,41,42)(H,43,44)(H,45,46)/t15-,16-,17-,18-,21+,22+/m0/s1/i11+1,12+1,33+1,34+1. The van der Waals surface area contributed by atoms with E-state index in [4.69, 9.17) is 0 Å². The molecule has 0 bridgehead atoms. The molecule has 0 saturated carbocycles. The van der Waals surface area contributed by atoms with E-state index in [-0.39, 0.29) is 50.0 Å². The molecule has 0 rings (SSSR count). The zero-order chi connectivity index (χ0) is 37.1. The minimum atomic E-state index is -1.37. The van der Waals surface area contributed by atoms with Crippen LogP contribution in [0.3, 0.4) is 0 Å². The Bertz CT molecular complexity index is 1060. The number of aliphatic carboxylic acids is 4. The third-order valence-electron chi connectivity index (χ3n) is 6.90. The summed E-state index contributed by atoms with van der Waals surface area (Å²) in [5.41, 5.74) is 6.83. The van der Waals surface area contributed by atoms with Crippen molar-refractivity contribution in [1.82, 2.24) is 21.3 Å². The van der Waals surface area contributed by atoms with Crippen molar-refractivity contribution >= 4 is 69.1 Å². The summed E-state index contributed by atoms with van der Waals surface area (Å²) in [7, 11) is 2.01. The van der Waals surface area contributed by atoms with Crippen molar-refractivity contribution in [3.8, 4) is 0 Å². The first-order valence-corrected chi connectivity index (χ1v) is 17.7. The van der Waals surface area contributed by atoms with Crippen LogP contribution in [0.25, 0.3) is 0 Å². The number of nitrogens with one attached hydrogen (secondary N) is 4. The minimum absolute atomic E-state index is 0.0487. The summed E-state index contributed by atoms with van der Waals surface area (Å²) in [6, 6.07) is -7.09. The lowest BCUT2D eigenvalue weighted by molar-refractivity contribution is -0.438. The Morgan fingerprint density at radius 1 is 0.604 bits per heavy atom. The van der Waals surface area contributed by atoms with Crippen molar-refractivity contribution in [2.75, 3.05) is 11.5 Å². The normalized spacial score (nSPS) is 14.9. The molecule has 0 aromatic heterocycles. The third-order valence-corrected chi connectivity index (χ3v) is 9.32. The molecule has 0 aliphatic rings. The van der Waals surface area contributed by atoms with Crippen LogP contribution in [0.5, 0.6) is 0 Å². The summed E-state index contributed by atoms with van der Waals surface area (Å²) in [6.45, 7) is 6.33. The topological polar surface area (TPSA) is 327 Å². The van der Waals surface area contributed by atoms with Gasteiger partial charge in [0.1, 0.15) is 36.3 Å². The number of carboxylic acid groups (broad SMARTS) is 4. The van der Waals surface area contributed by atoms with Gasteiger partial charge >= 0.3 is 11.9 Å². The molecular weight excluding hydrogens is 680 g/mol. The van der Waals surface area contributed by atoms with Gasteiger partial charge in [-0.2, -0.15) is 0 Å². The van der Waals surface area contributed by atoms with E-state index in [1.165, 1.54) is 0 Å². The van der Waals surface area contributed by atoms with Gasteiger partial charge < -0.3 is 62.7 Å². The maximum absolute atomic E-state index is 13.1. The number of carbonyl (C=O) groups is 8. The van der Waals surface area contributed by atoms with Crippen LogP contribution in [-0.4, -0.2) is 105 Å². The largest absolute Gasteiger partial charge is 0.544 e. The number of amides is 4. The molecule has 0 fully saturated rings. The quantitative estimate of drug-likeness (QED) is 0.0189. The molecule has 0 radical (unpaired) electrons. The predicted octanol–water partition coefficient (Wildman–Crippen LogP) is -5.15. The highest BCUT2D eigenvalue weighted by molar-refractivity contribution is 8.76. The SMILES string of the molecule is CC(C)[C@@H]([15NH]C(=O)[C@H]([13CH2]SS[13CH2][C@H](NC(=O)CCC[C@H]([NH3+])C(=O)[O-])C(=O)[15NH][C@@H](C(=O)O)C(C)C)NC(=O)CCC[C@H]([NH3+])C(=O)[O-])C(=O)O. The highest BCUT2D eigenvalue weighted by Gasteiger charge is 2.31. The molecule has 48 heavy (non-hydrogen) atoms. The maximum Gasteiger partial charge on any atom is 0.326 e. The Labute approximate surface area is 286 Å². The molecule has 4 amide bonds. The Morgan fingerprint density at radius 2 is 0.917 bits per heavy atom. The molecule has 20 heteroatoms. The maximum atomic E-state index is 13.1. The third kappa shape index (κ3) is 18.1. The van der Waals surface area contributed by atoms with Crippen LogP contribution in [0.1, 0.15) is 66.2 Å². The van der Waals surface area contributed by atoms with Gasteiger partial charge in [-0.1, -0.05) is 49.3 Å². The smallest absolute Gasteiger partial charge is 0.326 e. The summed E-state index contributed by atoms with van der Waals surface area (Å²) in [5.74, 6) is -9.36. The Morgan fingerprint density at radius 3 is 1.17 bits per heavy atom. The first-order valence-electron chi connectivity index (χ1n) is 15.3. The van der Waals surface area contributed by atoms with Gasteiger partial charge in [0.2, 0.25) is 23.6 Å². The van der Waals surface area contributed by atoms with E-state index < -0.39 is 95.6 Å². The van der Waals surface area contributed by atoms with E-state index in [2.05, 4.69) is 32.7 Å². The molecule has 0 aromatic rings. The van der Waals surface area contributed by atoms with Gasteiger partial charge in [0, 0.05) is 37.2 Å². The van der Waals surface area contributed by atoms with Crippen LogP contribution in [0, 0.1) is 11.8 Å². The molecule has 0 aromatic carbocycles. The molecule has 0 heterocycles. The number of quaternary nitrogens is 2. The average Bonchev–Trinajstić information content (AvgIpc) is 2.98. The fraction of sp³-hybridized carbons (Fsp3) is 0.714. The number of hydrogen-bond acceptors (Lipinski definition) is 12. The van der Waals surface area contributed by atoms with E-state index in [0.29, 0.717) is 0 Å². The summed E-state index contributed by atoms with van der Waals surface area (Å²) in [6.07, 6.45) is 0.0436. The lowest BCUT2D eigenvalue weighted by atomic mass is 10.1. The van der Waals surface area contributed by atoms with Crippen LogP contribution in [0.15, 0.2) is 0 Å². The van der Waals surface area contributed by atoms with Crippen molar-refractivity contribution < 1.29 is 70.2 Å². The van der Waals surface area contributed by atoms with Crippen LogP contribution in [0.4, 0.5) is 0 Å². The second-order valence-electron chi connectivity index (χ2n) is 11.8. The van der Waals surface area contributed by atoms with Gasteiger partial charge in [0.25, 0.3) is 0 Å². The van der Waals surface area contributed by atoms with Gasteiger partial charge in [0.05, 0.1) is 11.9 Å². The molecule has 12 N–H and O–H groups in total. The Kier molecular flexibility index (Phi) is 21.1. The first-order chi connectivity index (χ1) is 22.3. The van der Waals surface area contributed by atoms with Crippen molar-refractivity contribution in [2.24, 2.45) is 11.8 Å². The van der Waals surface area contributed by atoms with Crippen LogP contribution < -0.4 is 42.9 Å². The van der Waals surface area contributed by atoms with E-state index in [1.807, 2.05) is 0 Å². The zero-order valence-corrected chi connectivity index (χ0v) is 29.1. The Hall–Kier alpha value is -3.62. The molecule has 0 unspecified atom stereocenters. The van der Waals surface area contributed by atoms with Gasteiger partial charge in [-0.25, -0.2) is 9.59 Å². The molecule has 274 valence electrons. The van der Waals surface area contributed by atoms with E-state index in [1.54, 1.807) is 27.7 Å². The van der Waals surface area contributed by atoms with Gasteiger partial charge in [-0.3, -0.25) is 19.2 Å². The molecule has 6 atom stereocenters.